The van der Waals surface area contributed by atoms with Crippen LogP contribution >= 0.6 is 15.9 Å². The van der Waals surface area contributed by atoms with Gasteiger partial charge in [0.2, 0.25) is 0 Å². The Labute approximate surface area is 124 Å². The molecule has 1 aromatic rings. The highest BCUT2D eigenvalue weighted by Gasteiger charge is 2.01. The Kier molecular flexibility index (Phi) is 7.79. The van der Waals surface area contributed by atoms with Crippen LogP contribution in [0.25, 0.3) is 6.08 Å². The summed E-state index contributed by atoms with van der Waals surface area (Å²) in [7, 11) is 3.39. The Hall–Kier alpha value is -0.840. The van der Waals surface area contributed by atoms with Crippen LogP contribution in [-0.4, -0.2) is 33.9 Å². The van der Waals surface area contributed by atoms with Crippen LogP contribution in [0.15, 0.2) is 28.2 Å². The molecule has 0 aliphatic carbocycles. The molecule has 1 rings (SSSR count). The molecule has 0 atom stereocenters. The summed E-state index contributed by atoms with van der Waals surface area (Å²) in [5.74, 6) is 0.855. The van der Waals surface area contributed by atoms with Crippen molar-refractivity contribution in [3.8, 4) is 5.75 Å². The Morgan fingerprint density at radius 3 is 2.74 bits per heavy atom. The predicted molar refractivity (Wildman–Crippen MR) is 83.7 cm³/mol. The fourth-order valence-electron chi connectivity index (χ4n) is 1.71. The quantitative estimate of drug-likeness (QED) is 0.741. The molecule has 1 N–H and O–H groups in total. The number of hydrogen-bond donors (Lipinski definition) is 1. The van der Waals surface area contributed by atoms with Gasteiger partial charge in [0, 0.05) is 20.2 Å². The standard InChI is InChI=1S/C15H22BrNO2/c1-4-12(11-17-7-8-18-2)9-13-5-6-15(19-3)14(16)10-13/h5-6,9-10,17H,4,7-8,11H2,1-3H3. The van der Waals surface area contributed by atoms with Crippen LogP contribution in [0.5, 0.6) is 5.75 Å². The smallest absolute Gasteiger partial charge is 0.133 e. The zero-order valence-electron chi connectivity index (χ0n) is 11.8. The molecule has 4 heteroatoms. The van der Waals surface area contributed by atoms with Gasteiger partial charge in [-0.3, -0.25) is 0 Å². The molecule has 1 aromatic carbocycles. The van der Waals surface area contributed by atoms with E-state index in [4.69, 9.17) is 9.47 Å². The van der Waals surface area contributed by atoms with E-state index in [1.54, 1.807) is 14.2 Å². The zero-order valence-corrected chi connectivity index (χ0v) is 13.4. The average molecular weight is 328 g/mol. The van der Waals surface area contributed by atoms with E-state index >= 15 is 0 Å². The van der Waals surface area contributed by atoms with Crippen LogP contribution in [0.1, 0.15) is 18.9 Å². The van der Waals surface area contributed by atoms with Gasteiger partial charge in [-0.2, -0.15) is 0 Å². The normalized spacial score (nSPS) is 11.7. The van der Waals surface area contributed by atoms with Gasteiger partial charge in [-0.1, -0.05) is 24.6 Å². The van der Waals surface area contributed by atoms with Gasteiger partial charge in [0.1, 0.15) is 5.75 Å². The van der Waals surface area contributed by atoms with Gasteiger partial charge in [0.15, 0.2) is 0 Å². The van der Waals surface area contributed by atoms with Crippen LogP contribution < -0.4 is 10.1 Å². The number of methoxy groups -OCH3 is 2. The molecule has 0 aromatic heterocycles. The molecule has 0 unspecified atom stereocenters. The second-order valence-corrected chi connectivity index (χ2v) is 5.07. The van der Waals surface area contributed by atoms with Crippen LogP contribution in [0.4, 0.5) is 0 Å². The summed E-state index contributed by atoms with van der Waals surface area (Å²) >= 11 is 3.51. The molecule has 19 heavy (non-hydrogen) atoms. The molecule has 0 saturated carbocycles. The Morgan fingerprint density at radius 1 is 1.37 bits per heavy atom. The van der Waals surface area contributed by atoms with E-state index < -0.39 is 0 Å². The molecular formula is C15H22BrNO2. The van der Waals surface area contributed by atoms with E-state index in [0.29, 0.717) is 0 Å². The van der Waals surface area contributed by atoms with E-state index in [-0.39, 0.29) is 0 Å². The Morgan fingerprint density at radius 2 is 2.16 bits per heavy atom. The third kappa shape index (κ3) is 5.76. The Bertz CT molecular complexity index is 419. The van der Waals surface area contributed by atoms with E-state index in [0.717, 1.165) is 36.3 Å². The number of rotatable bonds is 8. The summed E-state index contributed by atoms with van der Waals surface area (Å²) in [6.45, 7) is 4.68. The number of ether oxygens (including phenoxy) is 2. The minimum atomic E-state index is 0.741. The maximum Gasteiger partial charge on any atom is 0.133 e. The van der Waals surface area contributed by atoms with E-state index in [9.17, 15) is 0 Å². The van der Waals surface area contributed by atoms with Crippen molar-refractivity contribution >= 4 is 22.0 Å². The van der Waals surface area contributed by atoms with E-state index in [1.165, 1.54) is 11.1 Å². The van der Waals surface area contributed by atoms with Crippen molar-refractivity contribution in [3.63, 3.8) is 0 Å². The van der Waals surface area contributed by atoms with Crippen LogP contribution in [-0.2, 0) is 4.74 Å². The maximum absolute atomic E-state index is 5.23. The van der Waals surface area contributed by atoms with Gasteiger partial charge >= 0.3 is 0 Å². The number of benzene rings is 1. The largest absolute Gasteiger partial charge is 0.496 e. The fourth-order valence-corrected chi connectivity index (χ4v) is 2.27. The first-order valence-corrected chi connectivity index (χ1v) is 7.23. The molecule has 0 fully saturated rings. The molecule has 0 bridgehead atoms. The van der Waals surface area contributed by atoms with Crippen molar-refractivity contribution in [1.82, 2.24) is 5.32 Å². The molecule has 106 valence electrons. The third-order valence-electron chi connectivity index (χ3n) is 2.84. The first kappa shape index (κ1) is 16.2. The highest BCUT2D eigenvalue weighted by atomic mass is 79.9. The average Bonchev–Trinajstić information content (AvgIpc) is 2.42. The molecule has 0 aliphatic heterocycles. The van der Waals surface area contributed by atoms with Gasteiger partial charge in [-0.05, 0) is 40.0 Å². The molecule has 0 saturated heterocycles. The number of halogens is 1. The molecule has 3 nitrogen and oxygen atoms in total. The molecule has 0 spiro atoms. The van der Waals surface area contributed by atoms with Gasteiger partial charge in [-0.15, -0.1) is 0 Å². The van der Waals surface area contributed by atoms with Gasteiger partial charge in [0.25, 0.3) is 0 Å². The lowest BCUT2D eigenvalue weighted by molar-refractivity contribution is 0.200. The number of nitrogens with one attached hydrogen (secondary N) is 1. The summed E-state index contributed by atoms with van der Waals surface area (Å²) in [4.78, 5) is 0. The molecule has 0 aliphatic rings. The van der Waals surface area contributed by atoms with Crippen molar-refractivity contribution in [2.75, 3.05) is 33.9 Å². The second-order valence-electron chi connectivity index (χ2n) is 4.22. The summed E-state index contributed by atoms with van der Waals surface area (Å²) in [6.07, 6.45) is 3.24. The predicted octanol–water partition coefficient (Wildman–Crippen LogP) is 3.49. The third-order valence-corrected chi connectivity index (χ3v) is 3.46. The lowest BCUT2D eigenvalue weighted by Gasteiger charge is -2.08. The highest BCUT2D eigenvalue weighted by molar-refractivity contribution is 9.10. The first-order valence-electron chi connectivity index (χ1n) is 6.43. The molecule has 0 heterocycles. The number of hydrogen-bond acceptors (Lipinski definition) is 3. The molecular weight excluding hydrogens is 306 g/mol. The SMILES string of the molecule is CCC(=Cc1ccc(OC)c(Br)c1)CNCCOC. The molecule has 0 amide bonds. The lowest BCUT2D eigenvalue weighted by Crippen LogP contribution is -2.21. The van der Waals surface area contributed by atoms with Crippen LogP contribution in [0.3, 0.4) is 0 Å². The van der Waals surface area contributed by atoms with Crippen molar-refractivity contribution in [2.24, 2.45) is 0 Å². The van der Waals surface area contributed by atoms with E-state index in [1.807, 2.05) is 6.07 Å². The lowest BCUT2D eigenvalue weighted by atomic mass is 10.1. The Balaban J connectivity index is 2.66. The van der Waals surface area contributed by atoms with E-state index in [2.05, 4.69) is 46.4 Å². The van der Waals surface area contributed by atoms with Crippen molar-refractivity contribution < 1.29 is 9.47 Å². The van der Waals surface area contributed by atoms with Crippen LogP contribution in [0.2, 0.25) is 0 Å². The van der Waals surface area contributed by atoms with Gasteiger partial charge < -0.3 is 14.8 Å². The fraction of sp³-hybridized carbons (Fsp3) is 0.467. The first-order chi connectivity index (χ1) is 9.21. The summed E-state index contributed by atoms with van der Waals surface area (Å²) < 4.78 is 11.2. The molecule has 0 radical (unpaired) electrons. The van der Waals surface area contributed by atoms with Crippen molar-refractivity contribution in [3.05, 3.63) is 33.8 Å². The van der Waals surface area contributed by atoms with Crippen molar-refractivity contribution in [2.45, 2.75) is 13.3 Å². The summed E-state index contributed by atoms with van der Waals surface area (Å²) in [5, 5.41) is 3.37. The minimum absolute atomic E-state index is 0.741. The maximum atomic E-state index is 5.23. The zero-order chi connectivity index (χ0) is 14.1. The summed E-state index contributed by atoms with van der Waals surface area (Å²) in [5.41, 5.74) is 2.55. The topological polar surface area (TPSA) is 30.5 Å². The summed E-state index contributed by atoms with van der Waals surface area (Å²) in [6, 6.07) is 6.11. The van der Waals surface area contributed by atoms with Gasteiger partial charge in [-0.25, -0.2) is 0 Å². The second kappa shape index (κ2) is 9.13. The van der Waals surface area contributed by atoms with Crippen LogP contribution in [0, 0.1) is 0 Å². The monoisotopic (exact) mass is 327 g/mol. The minimum Gasteiger partial charge on any atom is -0.496 e. The van der Waals surface area contributed by atoms with Gasteiger partial charge in [0.05, 0.1) is 18.2 Å². The highest BCUT2D eigenvalue weighted by Crippen LogP contribution is 2.26. The van der Waals surface area contributed by atoms with Crippen molar-refractivity contribution in [1.29, 1.82) is 0 Å².